The number of amides is 1. The average Bonchev–Trinajstić information content (AvgIpc) is 2.66. The van der Waals surface area contributed by atoms with E-state index in [0.29, 0.717) is 5.75 Å². The number of ether oxygens (including phenoxy) is 1. The van der Waals surface area contributed by atoms with E-state index in [1.807, 2.05) is 60.7 Å². The first-order valence-corrected chi connectivity index (χ1v) is 7.74. The normalized spacial score (nSPS) is 8.52. The third-order valence-corrected chi connectivity index (χ3v) is 3.01. The molecular formula is C17H17N4O9Zn+. The van der Waals surface area contributed by atoms with Gasteiger partial charge in [-0.25, -0.2) is 0 Å². The number of carbonyl (C=O) groups excluding carboxylic acids is 1. The van der Waals surface area contributed by atoms with Crippen LogP contribution in [0, 0.1) is 30.6 Å². The van der Waals surface area contributed by atoms with Crippen molar-refractivity contribution in [3.05, 3.63) is 97.5 Å². The van der Waals surface area contributed by atoms with Gasteiger partial charge in [0.1, 0.15) is 11.3 Å². The summed E-state index contributed by atoms with van der Waals surface area (Å²) < 4.78 is 5.58. The Bertz CT molecular complexity index is 935. The van der Waals surface area contributed by atoms with Gasteiger partial charge < -0.3 is 46.2 Å². The molecule has 3 rings (SSSR count). The van der Waals surface area contributed by atoms with Gasteiger partial charge in [-0.15, -0.1) is 0 Å². The van der Waals surface area contributed by atoms with Crippen LogP contribution in [0.3, 0.4) is 0 Å². The maximum absolute atomic E-state index is 11.9. The summed E-state index contributed by atoms with van der Waals surface area (Å²) in [5.41, 5.74) is 1.51. The Morgan fingerprint density at radius 1 is 0.903 bits per heavy atom. The van der Waals surface area contributed by atoms with E-state index in [2.05, 4.69) is 10.3 Å². The van der Waals surface area contributed by atoms with Gasteiger partial charge in [0.2, 0.25) is 0 Å². The predicted octanol–water partition coefficient (Wildman–Crippen LogP) is 1.85. The molecular weight excluding hydrogens is 470 g/mol. The number of aromatic nitrogens is 1. The van der Waals surface area contributed by atoms with Gasteiger partial charge in [-0.2, -0.15) is 0 Å². The Kier molecular flexibility index (Phi) is 15.1. The van der Waals surface area contributed by atoms with Gasteiger partial charge in [-0.05, 0) is 24.3 Å². The van der Waals surface area contributed by atoms with Crippen LogP contribution in [-0.2, 0) is 29.7 Å². The van der Waals surface area contributed by atoms with Crippen LogP contribution >= 0.6 is 0 Å². The number of nitrogens with zero attached hydrogens (tertiary/aromatic N) is 3. The number of para-hydroxylation sites is 2. The fraction of sp³-hybridized carbons (Fsp3) is 0.0588. The zero-order chi connectivity index (χ0) is 21.6. The van der Waals surface area contributed by atoms with Crippen molar-refractivity contribution in [3.8, 4) is 5.75 Å². The van der Waals surface area contributed by atoms with Crippen molar-refractivity contribution < 1.29 is 44.7 Å². The maximum atomic E-state index is 11.9. The van der Waals surface area contributed by atoms with Gasteiger partial charge >= 0.3 is 19.5 Å². The summed E-state index contributed by atoms with van der Waals surface area (Å²) in [6, 6.07) is 18.8. The smallest absolute Gasteiger partial charge is 0.481 e. The molecule has 2 aromatic carbocycles. The molecule has 1 amide bonds. The fourth-order valence-corrected chi connectivity index (χ4v) is 2.05. The van der Waals surface area contributed by atoms with Crippen molar-refractivity contribution in [2.75, 3.05) is 11.9 Å². The van der Waals surface area contributed by atoms with E-state index in [1.54, 1.807) is 6.20 Å². The zero-order valence-corrected chi connectivity index (χ0v) is 18.9. The first kappa shape index (κ1) is 29.3. The number of nitrogens with one attached hydrogen (secondary N) is 1. The molecule has 0 radical (unpaired) electrons. The maximum Gasteiger partial charge on any atom is 2.00 e. The Morgan fingerprint density at radius 2 is 1.45 bits per heavy atom. The third-order valence-electron chi connectivity index (χ3n) is 3.01. The van der Waals surface area contributed by atoms with Crippen LogP contribution in [0.15, 0.2) is 66.9 Å². The van der Waals surface area contributed by atoms with Gasteiger partial charge in [-0.3, -0.25) is 9.78 Å². The zero-order valence-electron chi connectivity index (χ0n) is 16.0. The summed E-state index contributed by atoms with van der Waals surface area (Å²) in [7, 11) is 0. The van der Waals surface area contributed by atoms with E-state index in [0.717, 1.165) is 16.6 Å². The van der Waals surface area contributed by atoms with Gasteiger partial charge in [0.05, 0.1) is 10.2 Å². The summed E-state index contributed by atoms with van der Waals surface area (Å²) in [6.07, 6.45) is 1.71. The van der Waals surface area contributed by atoms with Crippen LogP contribution in [0.25, 0.3) is 10.9 Å². The van der Waals surface area contributed by atoms with Crippen molar-refractivity contribution >= 4 is 22.5 Å². The van der Waals surface area contributed by atoms with Crippen molar-refractivity contribution in [1.29, 1.82) is 0 Å². The Morgan fingerprint density at radius 3 is 2.03 bits per heavy atom. The minimum atomic E-state index is -1.75. The van der Waals surface area contributed by atoms with Gasteiger partial charge in [0, 0.05) is 17.3 Å². The number of pyridine rings is 1. The van der Waals surface area contributed by atoms with Crippen LogP contribution in [0.5, 0.6) is 5.75 Å². The van der Waals surface area contributed by atoms with Gasteiger partial charge in [0.15, 0.2) is 6.61 Å². The fourth-order valence-electron chi connectivity index (χ4n) is 2.05. The largest absolute Gasteiger partial charge is 2.00 e. The van der Waals surface area contributed by atoms with Gasteiger partial charge in [-0.1, -0.05) is 36.4 Å². The molecule has 0 aliphatic carbocycles. The number of carbonyl (C=O) groups is 1. The SMILES string of the molecule is O=C(COc1cccc2cccnc12)Nc1ccccc1.O=[N+]([O-])[O-].O=[N+]([O-])[O-].[OH3+].[Zn+2]. The molecule has 160 valence electrons. The molecule has 1 heterocycles. The minimum Gasteiger partial charge on any atom is -0.481 e. The van der Waals surface area contributed by atoms with Crippen LogP contribution in [0.1, 0.15) is 0 Å². The molecule has 0 fully saturated rings. The molecule has 0 bridgehead atoms. The molecule has 1 aromatic heterocycles. The van der Waals surface area contributed by atoms with E-state index >= 15 is 0 Å². The number of anilines is 1. The van der Waals surface area contributed by atoms with E-state index in [9.17, 15) is 4.79 Å². The van der Waals surface area contributed by atoms with Crippen molar-refractivity contribution in [2.24, 2.45) is 0 Å². The number of rotatable bonds is 4. The van der Waals surface area contributed by atoms with E-state index in [4.69, 9.17) is 35.4 Å². The summed E-state index contributed by atoms with van der Waals surface area (Å²) in [6.45, 7) is -0.0510. The number of fused-ring (bicyclic) bond motifs is 1. The van der Waals surface area contributed by atoms with Crippen molar-refractivity contribution in [1.82, 2.24) is 4.98 Å². The second-order valence-corrected chi connectivity index (χ2v) is 4.98. The number of hydrogen-bond donors (Lipinski definition) is 1. The van der Waals surface area contributed by atoms with E-state index < -0.39 is 10.2 Å². The molecule has 0 spiro atoms. The van der Waals surface area contributed by atoms with Crippen molar-refractivity contribution in [3.63, 3.8) is 0 Å². The first-order valence-electron chi connectivity index (χ1n) is 7.74. The summed E-state index contributed by atoms with van der Waals surface area (Å²) >= 11 is 0. The first-order chi connectivity index (χ1) is 13.8. The van der Waals surface area contributed by atoms with Crippen molar-refractivity contribution in [2.45, 2.75) is 0 Å². The van der Waals surface area contributed by atoms with Gasteiger partial charge in [0.25, 0.3) is 5.91 Å². The molecule has 0 saturated carbocycles. The second kappa shape index (κ2) is 16.0. The molecule has 31 heavy (non-hydrogen) atoms. The summed E-state index contributed by atoms with van der Waals surface area (Å²) in [5, 5.41) is 33.3. The summed E-state index contributed by atoms with van der Waals surface area (Å²) in [4.78, 5) is 32.7. The van der Waals surface area contributed by atoms with Crippen LogP contribution in [0.4, 0.5) is 5.69 Å². The van der Waals surface area contributed by atoms with Crippen LogP contribution < -0.4 is 10.1 Å². The number of benzene rings is 2. The monoisotopic (exact) mass is 485 g/mol. The standard InChI is InChI=1S/C17H14N2O2.2NO3.H2O.Zn/c20-16(19-14-8-2-1-3-9-14)12-21-15-10-4-6-13-7-5-11-18-17(13)15;2*2-1(3)4;;/h1-11H,12H2,(H,19,20);;;1H2;/q;2*-1;;+2/p+1. The molecule has 0 aliphatic heterocycles. The summed E-state index contributed by atoms with van der Waals surface area (Å²) in [5.74, 6) is 0.408. The minimum absolute atomic E-state index is 0. The Balaban J connectivity index is 0. The third kappa shape index (κ3) is 13.0. The van der Waals surface area contributed by atoms with E-state index in [-0.39, 0.29) is 37.5 Å². The quantitative estimate of drug-likeness (QED) is 0.246. The molecule has 13 nitrogen and oxygen atoms in total. The average molecular weight is 487 g/mol. The topological polar surface area (TPSA) is 217 Å². The van der Waals surface area contributed by atoms with Crippen LogP contribution in [0.2, 0.25) is 0 Å². The number of hydrogen-bond acceptors (Lipinski definition) is 9. The molecule has 3 aromatic rings. The molecule has 4 N–H and O–H groups in total. The molecule has 14 heteroatoms. The Hall–Kier alpha value is -3.90. The molecule has 0 unspecified atom stereocenters. The molecule has 0 aliphatic rings. The molecule has 0 saturated heterocycles. The Labute approximate surface area is 187 Å². The van der Waals surface area contributed by atoms with E-state index in [1.165, 1.54) is 0 Å². The second-order valence-electron chi connectivity index (χ2n) is 4.98. The molecule has 0 atom stereocenters. The predicted molar refractivity (Wildman–Crippen MR) is 108 cm³/mol. The van der Waals surface area contributed by atoms with Crippen LogP contribution in [-0.4, -0.2) is 27.7 Å².